The van der Waals surface area contributed by atoms with Gasteiger partial charge in [0.2, 0.25) is 0 Å². The highest BCUT2D eigenvalue weighted by molar-refractivity contribution is 5.97. The zero-order chi connectivity index (χ0) is 42.0. The number of hydrogen-bond acceptors (Lipinski definition) is 2. The average molecular weight is 805 g/mol. The van der Waals surface area contributed by atoms with Gasteiger partial charge in [-0.05, 0) is 128 Å². The Morgan fingerprint density at radius 2 is 0.635 bits per heavy atom. The van der Waals surface area contributed by atoms with E-state index in [0.29, 0.717) is 0 Å². The molecule has 2 heteroatoms. The quantitative estimate of drug-likeness (QED) is 0.136. The van der Waals surface area contributed by atoms with Gasteiger partial charge in [-0.1, -0.05) is 194 Å². The van der Waals surface area contributed by atoms with Crippen LogP contribution in [0.4, 0.5) is 34.1 Å². The number of anilines is 6. The van der Waals surface area contributed by atoms with Crippen LogP contribution < -0.4 is 9.80 Å². The Morgan fingerprint density at radius 1 is 0.238 bits per heavy atom. The first-order valence-electron chi connectivity index (χ1n) is 21.7. The van der Waals surface area contributed by atoms with Crippen molar-refractivity contribution in [2.75, 3.05) is 9.80 Å². The number of para-hydroxylation sites is 4. The molecular weight excluding hydrogens is 761 g/mol. The molecule has 1 aliphatic carbocycles. The third-order valence-electron chi connectivity index (χ3n) is 12.5. The van der Waals surface area contributed by atoms with Gasteiger partial charge in [0.25, 0.3) is 0 Å². The third-order valence-corrected chi connectivity index (χ3v) is 12.5. The van der Waals surface area contributed by atoms with Gasteiger partial charge < -0.3 is 9.80 Å². The van der Waals surface area contributed by atoms with Crippen molar-refractivity contribution in [1.82, 2.24) is 0 Å². The molecule has 0 saturated carbocycles. The predicted octanol–water partition coefficient (Wildman–Crippen LogP) is 16.3. The Labute approximate surface area is 370 Å². The number of benzene rings is 10. The first-order chi connectivity index (χ1) is 31.3. The number of fused-ring (bicyclic) bond motifs is 3. The van der Waals surface area contributed by atoms with Crippen molar-refractivity contribution < 1.29 is 0 Å². The third kappa shape index (κ3) is 6.70. The Bertz CT molecular complexity index is 3040. The van der Waals surface area contributed by atoms with Crippen LogP contribution in [0.25, 0.3) is 33.4 Å². The van der Waals surface area contributed by atoms with E-state index in [9.17, 15) is 0 Å². The highest BCUT2D eigenvalue weighted by Crippen LogP contribution is 2.59. The predicted molar refractivity (Wildman–Crippen MR) is 264 cm³/mol. The second-order valence-corrected chi connectivity index (χ2v) is 16.1. The number of hydrogen-bond donors (Lipinski definition) is 0. The van der Waals surface area contributed by atoms with E-state index in [-0.39, 0.29) is 0 Å². The molecule has 0 N–H and O–H groups in total. The molecule has 0 heterocycles. The largest absolute Gasteiger partial charge is 0.311 e. The van der Waals surface area contributed by atoms with Gasteiger partial charge in [-0.3, -0.25) is 0 Å². The number of rotatable bonds is 10. The summed E-state index contributed by atoms with van der Waals surface area (Å²) in [6.07, 6.45) is 0. The van der Waals surface area contributed by atoms with Crippen molar-refractivity contribution in [2.45, 2.75) is 5.41 Å². The summed E-state index contributed by atoms with van der Waals surface area (Å²) in [5.41, 5.74) is 18.3. The normalized spacial score (nSPS) is 13.8. The molecule has 63 heavy (non-hydrogen) atoms. The van der Waals surface area contributed by atoms with Crippen molar-refractivity contribution in [2.24, 2.45) is 0 Å². The highest BCUT2D eigenvalue weighted by Gasteiger charge is 2.47. The highest BCUT2D eigenvalue weighted by atomic mass is 15.1. The molecule has 0 aliphatic heterocycles. The molecule has 1 unspecified atom stereocenters. The average Bonchev–Trinajstić information content (AvgIpc) is 3.67. The van der Waals surface area contributed by atoms with Crippen LogP contribution in [0.5, 0.6) is 0 Å². The van der Waals surface area contributed by atoms with Gasteiger partial charge in [-0.2, -0.15) is 0 Å². The van der Waals surface area contributed by atoms with E-state index in [2.05, 4.69) is 277 Å². The summed E-state index contributed by atoms with van der Waals surface area (Å²) in [6, 6.07) is 96.9. The molecular formula is C61H44N2. The minimum Gasteiger partial charge on any atom is -0.311 e. The molecule has 11 rings (SSSR count). The Kier molecular flexibility index (Phi) is 9.80. The van der Waals surface area contributed by atoms with Crippen molar-refractivity contribution in [3.63, 3.8) is 0 Å². The minimum absolute atomic E-state index is 0.621. The smallest absolute Gasteiger partial charge is 0.0714 e. The first kappa shape index (κ1) is 37.8. The van der Waals surface area contributed by atoms with Gasteiger partial charge in [0.15, 0.2) is 0 Å². The summed E-state index contributed by atoms with van der Waals surface area (Å²) >= 11 is 0. The van der Waals surface area contributed by atoms with Crippen LogP contribution in [-0.2, 0) is 5.41 Å². The van der Waals surface area contributed by atoms with E-state index in [1.807, 2.05) is 0 Å². The van der Waals surface area contributed by atoms with Crippen LogP contribution in [0.1, 0.15) is 22.3 Å². The fraction of sp³-hybridized carbons (Fsp3) is 0.0164. The van der Waals surface area contributed by atoms with E-state index >= 15 is 0 Å². The molecule has 0 spiro atoms. The number of nitrogens with zero attached hydrogens (tertiary/aromatic N) is 2. The summed E-state index contributed by atoms with van der Waals surface area (Å²) in [6.45, 7) is 0. The standard InChI is InChI=1S/C61H44N2/c1-7-20-45(21-8-1)46-34-38-49(39-35-46)61(48-22-9-2-10-23-48)58-33-19-32-56(47-36-40-54(41-37-47)62(50-24-11-3-12-25-50)51-26-13-4-14-27-51)60(58)57-43-42-55(44-59(57)61)63(52-28-15-5-16-29-52)53-30-17-6-18-31-53/h1-44H. The maximum absolute atomic E-state index is 2.46. The summed E-state index contributed by atoms with van der Waals surface area (Å²) in [5.74, 6) is 0. The molecule has 0 aromatic heterocycles. The summed E-state index contributed by atoms with van der Waals surface area (Å²) in [5, 5.41) is 0. The first-order valence-corrected chi connectivity index (χ1v) is 21.7. The van der Waals surface area contributed by atoms with Crippen molar-refractivity contribution in [3.05, 3.63) is 289 Å². The van der Waals surface area contributed by atoms with Crippen LogP contribution in [0.15, 0.2) is 267 Å². The van der Waals surface area contributed by atoms with Crippen molar-refractivity contribution in [3.8, 4) is 33.4 Å². The van der Waals surface area contributed by atoms with Gasteiger partial charge in [0.1, 0.15) is 0 Å². The van der Waals surface area contributed by atoms with E-state index in [4.69, 9.17) is 0 Å². The van der Waals surface area contributed by atoms with Gasteiger partial charge in [-0.25, -0.2) is 0 Å². The van der Waals surface area contributed by atoms with Crippen LogP contribution in [0.2, 0.25) is 0 Å². The topological polar surface area (TPSA) is 6.48 Å². The fourth-order valence-electron chi connectivity index (χ4n) is 9.75. The van der Waals surface area contributed by atoms with Gasteiger partial charge in [-0.15, -0.1) is 0 Å². The molecule has 1 atom stereocenters. The van der Waals surface area contributed by atoms with Crippen molar-refractivity contribution >= 4 is 34.1 Å². The summed E-state index contributed by atoms with van der Waals surface area (Å²) < 4.78 is 0. The van der Waals surface area contributed by atoms with Crippen LogP contribution in [0, 0.1) is 0 Å². The molecule has 1 aliphatic rings. The molecule has 0 bridgehead atoms. The van der Waals surface area contributed by atoms with Gasteiger partial charge in [0.05, 0.1) is 5.41 Å². The molecule has 0 fully saturated rings. The molecule has 10 aromatic rings. The zero-order valence-electron chi connectivity index (χ0n) is 34.8. The van der Waals surface area contributed by atoms with Gasteiger partial charge >= 0.3 is 0 Å². The summed E-state index contributed by atoms with van der Waals surface area (Å²) in [4.78, 5) is 4.70. The Hall–Kier alpha value is -8.20. The lowest BCUT2D eigenvalue weighted by Crippen LogP contribution is -2.28. The minimum atomic E-state index is -0.621. The lowest BCUT2D eigenvalue weighted by molar-refractivity contribution is 0.768. The van der Waals surface area contributed by atoms with Crippen molar-refractivity contribution in [1.29, 1.82) is 0 Å². The molecule has 0 amide bonds. The van der Waals surface area contributed by atoms with Crippen LogP contribution in [-0.4, -0.2) is 0 Å². The lowest BCUT2D eigenvalue weighted by Gasteiger charge is -2.35. The molecule has 0 radical (unpaired) electrons. The molecule has 2 nitrogen and oxygen atoms in total. The van der Waals surface area contributed by atoms with Crippen LogP contribution in [0.3, 0.4) is 0 Å². The molecule has 298 valence electrons. The Balaban J connectivity index is 1.14. The van der Waals surface area contributed by atoms with E-state index < -0.39 is 5.41 Å². The molecule has 0 saturated heterocycles. The van der Waals surface area contributed by atoms with Crippen LogP contribution >= 0.6 is 0 Å². The second-order valence-electron chi connectivity index (χ2n) is 16.1. The monoisotopic (exact) mass is 804 g/mol. The maximum Gasteiger partial charge on any atom is 0.0714 e. The molecule has 10 aromatic carbocycles. The van der Waals surface area contributed by atoms with E-state index in [1.54, 1.807) is 0 Å². The zero-order valence-corrected chi connectivity index (χ0v) is 34.8. The van der Waals surface area contributed by atoms with Gasteiger partial charge in [0, 0.05) is 34.1 Å². The summed E-state index contributed by atoms with van der Waals surface area (Å²) in [7, 11) is 0. The lowest BCUT2D eigenvalue weighted by atomic mass is 9.67. The SMILES string of the molecule is c1ccc(-c2ccc(C3(c4ccccc4)c4cc(N(c5ccccc5)c5ccccc5)ccc4-c4c(-c5ccc(N(c6ccccc6)c6ccccc6)cc5)cccc43)cc2)cc1. The second kappa shape index (κ2) is 16.3. The fourth-order valence-corrected chi connectivity index (χ4v) is 9.75. The Morgan fingerprint density at radius 3 is 1.16 bits per heavy atom. The maximum atomic E-state index is 2.46. The van der Waals surface area contributed by atoms with E-state index in [1.165, 1.54) is 55.6 Å². The van der Waals surface area contributed by atoms with E-state index in [0.717, 1.165) is 34.1 Å².